The van der Waals surface area contributed by atoms with Crippen molar-refractivity contribution in [1.29, 1.82) is 0 Å². The number of carbonyl (C=O) groups is 1. The van der Waals surface area contributed by atoms with E-state index in [0.717, 1.165) is 42.5 Å². The largest absolute Gasteiger partial charge is 0.358 e. The van der Waals surface area contributed by atoms with Gasteiger partial charge in [-0.1, -0.05) is 68.3 Å². The van der Waals surface area contributed by atoms with E-state index in [9.17, 15) is 4.79 Å². The van der Waals surface area contributed by atoms with Gasteiger partial charge in [0.05, 0.1) is 5.56 Å². The van der Waals surface area contributed by atoms with E-state index in [1.165, 1.54) is 0 Å². The van der Waals surface area contributed by atoms with Crippen LogP contribution in [0.3, 0.4) is 0 Å². The summed E-state index contributed by atoms with van der Waals surface area (Å²) < 4.78 is 0. The Balaban J connectivity index is 2.13. The number of unbranched alkanes of at least 4 members (excludes halogenated alkanes) is 2. The zero-order valence-corrected chi connectivity index (χ0v) is 14.9. The molecule has 3 heteroatoms. The minimum atomic E-state index is -0.532. The maximum atomic E-state index is 13.3. The van der Waals surface area contributed by atoms with Gasteiger partial charge in [0.25, 0.3) is 5.91 Å². The first kappa shape index (κ1) is 17.3. The molecule has 3 nitrogen and oxygen atoms in total. The molecule has 0 radical (unpaired) electrons. The van der Waals surface area contributed by atoms with E-state index in [-0.39, 0.29) is 5.91 Å². The van der Waals surface area contributed by atoms with Gasteiger partial charge in [-0.3, -0.25) is 4.79 Å². The van der Waals surface area contributed by atoms with Crippen molar-refractivity contribution in [2.75, 3.05) is 11.9 Å². The van der Waals surface area contributed by atoms with Crippen LogP contribution in [0.15, 0.2) is 67.3 Å². The second-order valence-corrected chi connectivity index (χ2v) is 6.56. The smallest absolute Gasteiger partial charge is 0.258 e. The molecular weight excluding hydrogens is 308 g/mol. The summed E-state index contributed by atoms with van der Waals surface area (Å²) in [5.41, 5.74) is 2.23. The minimum Gasteiger partial charge on any atom is -0.358 e. The normalized spacial score (nSPS) is 19.2. The highest BCUT2D eigenvalue weighted by molar-refractivity contribution is 6.02. The summed E-state index contributed by atoms with van der Waals surface area (Å²) in [5.74, 6) is 0.0644. The number of carbonyl (C=O) groups excluding carboxylic acids is 1. The molecule has 0 saturated heterocycles. The number of anilines is 1. The van der Waals surface area contributed by atoms with Gasteiger partial charge in [0, 0.05) is 12.2 Å². The Morgan fingerprint density at radius 1 is 1.08 bits per heavy atom. The van der Waals surface area contributed by atoms with Crippen molar-refractivity contribution in [3.05, 3.63) is 78.4 Å². The van der Waals surface area contributed by atoms with Crippen molar-refractivity contribution in [3.63, 3.8) is 0 Å². The molecular formula is C22H26N2O. The number of hydrogen-bond donors (Lipinski definition) is 1. The quantitative estimate of drug-likeness (QED) is 0.559. The first-order valence-corrected chi connectivity index (χ1v) is 9.08. The maximum Gasteiger partial charge on any atom is 0.258 e. The molecule has 0 spiro atoms. The van der Waals surface area contributed by atoms with Gasteiger partial charge in [-0.05, 0) is 30.5 Å². The van der Waals surface area contributed by atoms with E-state index in [1.54, 1.807) is 0 Å². The zero-order chi connectivity index (χ0) is 17.7. The molecule has 130 valence electrons. The summed E-state index contributed by atoms with van der Waals surface area (Å²) in [4.78, 5) is 15.2. The van der Waals surface area contributed by atoms with Crippen LogP contribution in [0.1, 0.15) is 48.5 Å². The first-order chi connectivity index (χ1) is 12.2. The lowest BCUT2D eigenvalue weighted by molar-refractivity contribution is 0.0507. The highest BCUT2D eigenvalue weighted by atomic mass is 16.2. The van der Waals surface area contributed by atoms with Crippen molar-refractivity contribution in [2.45, 2.75) is 38.3 Å². The molecule has 0 saturated carbocycles. The molecule has 1 atom stereocenters. The first-order valence-electron chi connectivity index (χ1n) is 9.08. The molecule has 1 heterocycles. The van der Waals surface area contributed by atoms with E-state index < -0.39 is 5.66 Å². The Kier molecular flexibility index (Phi) is 5.22. The number of benzene rings is 2. The van der Waals surface area contributed by atoms with E-state index in [0.29, 0.717) is 6.54 Å². The summed E-state index contributed by atoms with van der Waals surface area (Å²) in [6.45, 7) is 6.59. The number of fused-ring (bicyclic) bond motifs is 1. The van der Waals surface area contributed by atoms with Gasteiger partial charge < -0.3 is 10.2 Å². The number of hydrogen-bond acceptors (Lipinski definition) is 2. The Hall–Kier alpha value is -2.55. The molecule has 0 aromatic heterocycles. The average molecular weight is 334 g/mol. The molecule has 1 unspecified atom stereocenters. The monoisotopic (exact) mass is 334 g/mol. The van der Waals surface area contributed by atoms with Crippen LogP contribution in [-0.2, 0) is 5.66 Å². The fourth-order valence-electron chi connectivity index (χ4n) is 3.67. The number of amides is 1. The summed E-state index contributed by atoms with van der Waals surface area (Å²) >= 11 is 0. The summed E-state index contributed by atoms with van der Waals surface area (Å²) in [5, 5.41) is 3.71. The van der Waals surface area contributed by atoms with Gasteiger partial charge >= 0.3 is 0 Å². The van der Waals surface area contributed by atoms with Crippen LogP contribution in [0.2, 0.25) is 0 Å². The Morgan fingerprint density at radius 2 is 1.80 bits per heavy atom. The predicted molar refractivity (Wildman–Crippen MR) is 104 cm³/mol. The standard InChI is InChI=1S/C22H26N2O/c1-3-5-11-16-22(18-12-7-6-8-13-18)23-20-15-10-9-14-19(20)21(25)24(22)17-4-2/h4,6-10,12-15,23H,2-3,5,11,16-17H2,1H3. The van der Waals surface area contributed by atoms with Gasteiger partial charge in [-0.2, -0.15) is 0 Å². The van der Waals surface area contributed by atoms with Gasteiger partial charge in [-0.15, -0.1) is 6.58 Å². The second-order valence-electron chi connectivity index (χ2n) is 6.56. The molecule has 1 N–H and O–H groups in total. The molecule has 0 bridgehead atoms. The molecule has 1 aliphatic rings. The predicted octanol–water partition coefficient (Wildman–Crippen LogP) is 5.17. The van der Waals surface area contributed by atoms with Gasteiger partial charge in [0.1, 0.15) is 5.66 Å². The van der Waals surface area contributed by atoms with Gasteiger partial charge in [0.2, 0.25) is 0 Å². The summed E-state index contributed by atoms with van der Waals surface area (Å²) in [6, 6.07) is 18.1. The highest BCUT2D eigenvalue weighted by Crippen LogP contribution is 2.41. The zero-order valence-electron chi connectivity index (χ0n) is 14.9. The third-order valence-corrected chi connectivity index (χ3v) is 4.91. The molecule has 2 aromatic rings. The summed E-state index contributed by atoms with van der Waals surface area (Å²) in [7, 11) is 0. The van der Waals surface area contributed by atoms with E-state index in [1.807, 2.05) is 53.4 Å². The van der Waals surface area contributed by atoms with E-state index in [4.69, 9.17) is 0 Å². The third kappa shape index (κ3) is 3.19. The van der Waals surface area contributed by atoms with Crippen molar-refractivity contribution < 1.29 is 4.79 Å². The lowest BCUT2D eigenvalue weighted by Gasteiger charge is -2.49. The van der Waals surface area contributed by atoms with Crippen molar-refractivity contribution >= 4 is 11.6 Å². The van der Waals surface area contributed by atoms with Crippen LogP contribution in [-0.4, -0.2) is 17.4 Å². The van der Waals surface area contributed by atoms with Crippen LogP contribution < -0.4 is 5.32 Å². The molecule has 2 aromatic carbocycles. The average Bonchev–Trinajstić information content (AvgIpc) is 2.66. The van der Waals surface area contributed by atoms with Crippen LogP contribution >= 0.6 is 0 Å². The molecule has 0 aliphatic carbocycles. The molecule has 1 aliphatic heterocycles. The fraction of sp³-hybridized carbons (Fsp3) is 0.318. The number of para-hydroxylation sites is 1. The van der Waals surface area contributed by atoms with Crippen LogP contribution in [0.5, 0.6) is 0 Å². The van der Waals surface area contributed by atoms with Crippen molar-refractivity contribution in [3.8, 4) is 0 Å². The Labute approximate surface area is 150 Å². The Bertz CT molecular complexity index is 741. The third-order valence-electron chi connectivity index (χ3n) is 4.91. The summed E-state index contributed by atoms with van der Waals surface area (Å²) in [6.07, 6.45) is 6.04. The van der Waals surface area contributed by atoms with Crippen LogP contribution in [0.25, 0.3) is 0 Å². The SMILES string of the molecule is C=CCN1C(=O)c2ccccc2NC1(CCCCC)c1ccccc1. The van der Waals surface area contributed by atoms with Crippen LogP contribution in [0, 0.1) is 0 Å². The minimum absolute atomic E-state index is 0.0644. The van der Waals surface area contributed by atoms with E-state index >= 15 is 0 Å². The van der Waals surface area contributed by atoms with E-state index in [2.05, 4.69) is 31.0 Å². The number of rotatable bonds is 7. The Morgan fingerprint density at radius 3 is 2.52 bits per heavy atom. The molecule has 25 heavy (non-hydrogen) atoms. The lowest BCUT2D eigenvalue weighted by Crippen LogP contribution is -2.57. The van der Waals surface area contributed by atoms with Crippen molar-refractivity contribution in [1.82, 2.24) is 4.90 Å². The lowest BCUT2D eigenvalue weighted by atomic mass is 9.87. The molecule has 0 fully saturated rings. The number of nitrogens with one attached hydrogen (secondary N) is 1. The number of nitrogens with zero attached hydrogens (tertiary/aromatic N) is 1. The van der Waals surface area contributed by atoms with Crippen LogP contribution in [0.4, 0.5) is 5.69 Å². The van der Waals surface area contributed by atoms with Gasteiger partial charge in [0.15, 0.2) is 0 Å². The highest BCUT2D eigenvalue weighted by Gasteiger charge is 2.44. The van der Waals surface area contributed by atoms with Crippen molar-refractivity contribution in [2.24, 2.45) is 0 Å². The second kappa shape index (κ2) is 7.56. The molecule has 3 rings (SSSR count). The van der Waals surface area contributed by atoms with Gasteiger partial charge in [-0.25, -0.2) is 0 Å². The fourth-order valence-corrected chi connectivity index (χ4v) is 3.67. The molecule has 1 amide bonds. The topological polar surface area (TPSA) is 32.3 Å². The maximum absolute atomic E-state index is 13.3.